The number of hydrogen-bond acceptors (Lipinski definition) is 3. The molecule has 0 bridgehead atoms. The molecule has 4 atom stereocenters. The average Bonchev–Trinajstić information content (AvgIpc) is 2.16. The molecule has 1 aliphatic heterocycles. The van der Waals surface area contributed by atoms with Crippen LogP contribution in [0.25, 0.3) is 0 Å². The monoisotopic (exact) mass is 173 g/mol. The van der Waals surface area contributed by atoms with Crippen LogP contribution in [0.4, 0.5) is 0 Å². The molecule has 0 aromatic heterocycles. The third-order valence-corrected chi connectivity index (χ3v) is 2.58. The fourth-order valence-corrected chi connectivity index (χ4v) is 1.88. The Kier molecular flexibility index (Phi) is 2.39. The van der Waals surface area contributed by atoms with Gasteiger partial charge in [-0.3, -0.25) is 4.79 Å². The number of rotatable bonds is 1. The first-order valence-corrected chi connectivity index (χ1v) is 4.09. The van der Waals surface area contributed by atoms with Crippen LogP contribution in [0.3, 0.4) is 0 Å². The van der Waals surface area contributed by atoms with Crippen molar-refractivity contribution in [1.29, 1.82) is 0 Å². The fraction of sp³-hybridized carbons (Fsp3) is 0.875. The van der Waals surface area contributed by atoms with Gasteiger partial charge in [0, 0.05) is 13.0 Å². The molecule has 12 heavy (non-hydrogen) atoms. The first-order chi connectivity index (χ1) is 5.46. The predicted molar refractivity (Wildman–Crippen MR) is 43.4 cm³/mol. The maximum absolute atomic E-state index is 11.2. The van der Waals surface area contributed by atoms with Crippen molar-refractivity contribution in [3.8, 4) is 0 Å². The summed E-state index contributed by atoms with van der Waals surface area (Å²) >= 11 is 0. The average molecular weight is 173 g/mol. The summed E-state index contributed by atoms with van der Waals surface area (Å²) in [6, 6.07) is -0.257. The summed E-state index contributed by atoms with van der Waals surface area (Å²) in [7, 11) is 1.60. The molecule has 2 N–H and O–H groups in total. The Morgan fingerprint density at radius 3 is 2.25 bits per heavy atom. The highest BCUT2D eigenvalue weighted by Gasteiger charge is 2.44. The van der Waals surface area contributed by atoms with Crippen LogP contribution < -0.4 is 0 Å². The van der Waals surface area contributed by atoms with E-state index in [-0.39, 0.29) is 17.9 Å². The van der Waals surface area contributed by atoms with Gasteiger partial charge in [-0.05, 0) is 6.92 Å². The molecule has 0 radical (unpaired) electrons. The molecule has 0 aliphatic carbocycles. The van der Waals surface area contributed by atoms with Gasteiger partial charge in [0.05, 0.1) is 12.1 Å². The van der Waals surface area contributed by atoms with E-state index in [4.69, 9.17) is 0 Å². The molecule has 4 heteroatoms. The largest absolute Gasteiger partial charge is 0.391 e. The number of aliphatic hydroxyl groups is 2. The summed E-state index contributed by atoms with van der Waals surface area (Å²) in [5.74, 6) is -0.490. The maximum atomic E-state index is 11.2. The van der Waals surface area contributed by atoms with Crippen LogP contribution in [0, 0.1) is 5.92 Å². The minimum absolute atomic E-state index is 0.192. The van der Waals surface area contributed by atoms with E-state index < -0.39 is 12.2 Å². The SMILES string of the molecule is C[C@@H]1[C@H]([C@@H](C)O)N(C)C(=O)[C@H]1O. The van der Waals surface area contributed by atoms with Crippen molar-refractivity contribution in [2.75, 3.05) is 7.05 Å². The predicted octanol–water partition coefficient (Wildman–Crippen LogP) is -0.795. The Bertz CT molecular complexity index is 193. The van der Waals surface area contributed by atoms with Gasteiger partial charge < -0.3 is 15.1 Å². The topological polar surface area (TPSA) is 60.8 Å². The van der Waals surface area contributed by atoms with E-state index in [0.717, 1.165) is 0 Å². The van der Waals surface area contributed by atoms with Crippen molar-refractivity contribution in [2.24, 2.45) is 5.92 Å². The highest BCUT2D eigenvalue weighted by atomic mass is 16.3. The number of carbonyl (C=O) groups is 1. The summed E-state index contributed by atoms with van der Waals surface area (Å²) in [6.45, 7) is 3.40. The van der Waals surface area contributed by atoms with Gasteiger partial charge in [-0.25, -0.2) is 0 Å². The van der Waals surface area contributed by atoms with E-state index in [2.05, 4.69) is 0 Å². The van der Waals surface area contributed by atoms with Gasteiger partial charge in [-0.1, -0.05) is 6.92 Å². The van der Waals surface area contributed by atoms with Crippen molar-refractivity contribution >= 4 is 5.91 Å². The van der Waals surface area contributed by atoms with Crippen molar-refractivity contribution in [3.63, 3.8) is 0 Å². The van der Waals surface area contributed by atoms with Crippen molar-refractivity contribution < 1.29 is 15.0 Å². The minimum atomic E-state index is -0.949. The standard InChI is InChI=1S/C8H15NO3/c1-4-6(5(2)10)9(3)8(12)7(4)11/h4-7,10-11H,1-3H3/t4-,5-,6-,7+/m1/s1. The number of hydrogen-bond donors (Lipinski definition) is 2. The normalized spacial score (nSPS) is 38.9. The zero-order valence-corrected chi connectivity index (χ0v) is 7.56. The summed E-state index contributed by atoms with van der Waals surface area (Å²) in [4.78, 5) is 12.6. The molecule has 1 aliphatic rings. The van der Waals surface area contributed by atoms with Gasteiger partial charge in [0.25, 0.3) is 5.91 Å². The lowest BCUT2D eigenvalue weighted by Gasteiger charge is -2.25. The van der Waals surface area contributed by atoms with Gasteiger partial charge >= 0.3 is 0 Å². The molecule has 1 heterocycles. The number of carbonyl (C=O) groups excluding carboxylic acids is 1. The quantitative estimate of drug-likeness (QED) is 0.546. The molecule has 1 fully saturated rings. The van der Waals surface area contributed by atoms with Crippen LogP contribution in [-0.2, 0) is 4.79 Å². The highest BCUT2D eigenvalue weighted by molar-refractivity contribution is 5.83. The van der Waals surface area contributed by atoms with Crippen LogP contribution >= 0.6 is 0 Å². The van der Waals surface area contributed by atoms with Gasteiger partial charge in [-0.2, -0.15) is 0 Å². The molecule has 0 saturated carbocycles. The maximum Gasteiger partial charge on any atom is 0.251 e. The van der Waals surface area contributed by atoms with E-state index in [1.54, 1.807) is 20.9 Å². The number of likely N-dealkylation sites (N-methyl/N-ethyl adjacent to an activating group) is 1. The third kappa shape index (κ3) is 1.21. The Morgan fingerprint density at radius 2 is 2.08 bits per heavy atom. The number of amides is 1. The lowest BCUT2D eigenvalue weighted by atomic mass is 9.97. The lowest BCUT2D eigenvalue weighted by Crippen LogP contribution is -2.39. The fourth-order valence-electron chi connectivity index (χ4n) is 1.88. The van der Waals surface area contributed by atoms with Crippen molar-refractivity contribution in [1.82, 2.24) is 4.90 Å². The van der Waals surface area contributed by atoms with Gasteiger partial charge in [0.1, 0.15) is 6.10 Å². The Labute approximate surface area is 71.8 Å². The first kappa shape index (κ1) is 9.48. The van der Waals surface area contributed by atoms with Crippen LogP contribution in [0.15, 0.2) is 0 Å². The summed E-state index contributed by atoms with van der Waals surface area (Å²) in [6.07, 6.45) is -1.54. The summed E-state index contributed by atoms with van der Waals surface area (Å²) in [5.41, 5.74) is 0. The van der Waals surface area contributed by atoms with Gasteiger partial charge in [-0.15, -0.1) is 0 Å². The number of nitrogens with zero attached hydrogens (tertiary/aromatic N) is 1. The Hall–Kier alpha value is -0.610. The molecule has 0 spiro atoms. The Balaban J connectivity index is 2.83. The molecule has 0 aromatic carbocycles. The van der Waals surface area contributed by atoms with Crippen LogP contribution in [0.5, 0.6) is 0 Å². The second kappa shape index (κ2) is 3.03. The van der Waals surface area contributed by atoms with Crippen LogP contribution in [0.1, 0.15) is 13.8 Å². The molecule has 0 unspecified atom stereocenters. The molecule has 1 amide bonds. The zero-order chi connectivity index (χ0) is 9.46. The van der Waals surface area contributed by atoms with Crippen LogP contribution in [-0.4, -0.2) is 46.3 Å². The lowest BCUT2D eigenvalue weighted by molar-refractivity contribution is -0.135. The summed E-state index contributed by atoms with van der Waals surface area (Å²) in [5, 5.41) is 18.7. The molecule has 1 saturated heterocycles. The van der Waals surface area contributed by atoms with E-state index in [9.17, 15) is 15.0 Å². The van der Waals surface area contributed by atoms with E-state index in [1.165, 1.54) is 4.90 Å². The number of likely N-dealkylation sites (tertiary alicyclic amines) is 1. The minimum Gasteiger partial charge on any atom is -0.391 e. The molecule has 1 rings (SSSR count). The zero-order valence-electron chi connectivity index (χ0n) is 7.56. The summed E-state index contributed by atoms with van der Waals surface area (Å²) < 4.78 is 0. The Morgan fingerprint density at radius 1 is 1.58 bits per heavy atom. The molecule has 4 nitrogen and oxygen atoms in total. The molecule has 0 aromatic rings. The van der Waals surface area contributed by atoms with E-state index in [0.29, 0.717) is 0 Å². The van der Waals surface area contributed by atoms with E-state index in [1.807, 2.05) is 0 Å². The highest BCUT2D eigenvalue weighted by Crippen LogP contribution is 2.26. The van der Waals surface area contributed by atoms with Crippen molar-refractivity contribution in [2.45, 2.75) is 32.1 Å². The first-order valence-electron chi connectivity index (χ1n) is 4.09. The molecular formula is C8H15NO3. The second-order valence-electron chi connectivity index (χ2n) is 3.48. The number of aliphatic hydroxyl groups excluding tert-OH is 2. The van der Waals surface area contributed by atoms with E-state index >= 15 is 0 Å². The van der Waals surface area contributed by atoms with Gasteiger partial charge in [0.15, 0.2) is 0 Å². The second-order valence-corrected chi connectivity index (χ2v) is 3.48. The van der Waals surface area contributed by atoms with Crippen LogP contribution in [0.2, 0.25) is 0 Å². The molecule has 70 valence electrons. The smallest absolute Gasteiger partial charge is 0.251 e. The molecular weight excluding hydrogens is 158 g/mol. The third-order valence-electron chi connectivity index (χ3n) is 2.58. The van der Waals surface area contributed by atoms with Gasteiger partial charge in [0.2, 0.25) is 0 Å². The van der Waals surface area contributed by atoms with Crippen molar-refractivity contribution in [3.05, 3.63) is 0 Å².